The van der Waals surface area contributed by atoms with Crippen molar-refractivity contribution in [1.29, 1.82) is 0 Å². The van der Waals surface area contributed by atoms with Gasteiger partial charge in [-0.1, -0.05) is 13.3 Å². The Morgan fingerprint density at radius 2 is 2.26 bits per heavy atom. The number of ether oxygens (including phenoxy) is 1. The van der Waals surface area contributed by atoms with E-state index in [0.717, 1.165) is 12.8 Å². The first kappa shape index (κ1) is 19.7. The third-order valence-corrected chi connectivity index (χ3v) is 3.64. The van der Waals surface area contributed by atoms with Crippen molar-refractivity contribution in [3.05, 3.63) is 33.8 Å². The molecule has 27 heavy (non-hydrogen) atoms. The topological polar surface area (TPSA) is 146 Å². The van der Waals surface area contributed by atoms with Gasteiger partial charge in [-0.2, -0.15) is 14.9 Å². The van der Waals surface area contributed by atoms with E-state index in [0.29, 0.717) is 18.1 Å². The molecule has 0 radical (unpaired) electrons. The molecule has 1 aromatic carbocycles. The first-order chi connectivity index (χ1) is 12.9. The Hall–Kier alpha value is -3.59. The van der Waals surface area contributed by atoms with Gasteiger partial charge in [0.1, 0.15) is 11.4 Å². The van der Waals surface area contributed by atoms with Crippen molar-refractivity contribution in [2.45, 2.75) is 26.7 Å². The molecule has 1 aromatic rings. The second kappa shape index (κ2) is 8.68. The van der Waals surface area contributed by atoms with E-state index in [9.17, 15) is 14.9 Å². The molecule has 0 aromatic heterocycles. The van der Waals surface area contributed by atoms with Crippen LogP contribution in [0.2, 0.25) is 0 Å². The molecule has 0 atom stereocenters. The summed E-state index contributed by atoms with van der Waals surface area (Å²) in [5.74, 6) is 0.364. The van der Waals surface area contributed by atoms with E-state index in [1.165, 1.54) is 30.3 Å². The molecular formula is C16H19N7O4. The molecule has 1 N–H and O–H groups in total. The molecule has 2 rings (SSSR count). The number of aliphatic imine (C=N–C) groups is 1. The number of carbonyl (C=O) groups excluding carboxylic acids is 1. The fourth-order valence-corrected chi connectivity index (χ4v) is 2.31. The summed E-state index contributed by atoms with van der Waals surface area (Å²) in [5, 5.41) is 18.9. The summed E-state index contributed by atoms with van der Waals surface area (Å²) in [5.41, 5.74) is 9.10. The molecule has 1 aliphatic heterocycles. The second-order valence-corrected chi connectivity index (χ2v) is 5.66. The van der Waals surface area contributed by atoms with Crippen molar-refractivity contribution in [2.75, 3.05) is 19.0 Å². The third kappa shape index (κ3) is 4.73. The maximum absolute atomic E-state index is 12.2. The van der Waals surface area contributed by atoms with E-state index in [-0.39, 0.29) is 22.9 Å². The van der Waals surface area contributed by atoms with Gasteiger partial charge in [0.05, 0.1) is 17.6 Å². The Morgan fingerprint density at radius 3 is 2.89 bits per heavy atom. The van der Waals surface area contributed by atoms with Crippen LogP contribution in [0.15, 0.2) is 28.3 Å². The van der Waals surface area contributed by atoms with Gasteiger partial charge >= 0.3 is 11.7 Å². The summed E-state index contributed by atoms with van der Waals surface area (Å²) in [6.07, 6.45) is 1.76. The summed E-state index contributed by atoms with van der Waals surface area (Å²) >= 11 is 0. The number of unbranched alkanes of at least 4 members (excludes halogenated alkanes) is 1. The maximum atomic E-state index is 12.2. The Balaban J connectivity index is 2.21. The van der Waals surface area contributed by atoms with Crippen molar-refractivity contribution >= 4 is 34.7 Å². The minimum atomic E-state index is -0.870. The van der Waals surface area contributed by atoms with Crippen LogP contribution in [0.25, 0.3) is 5.53 Å². The van der Waals surface area contributed by atoms with Crippen LogP contribution in [-0.2, 0) is 0 Å². The van der Waals surface area contributed by atoms with E-state index in [1.54, 1.807) is 6.92 Å². The molecule has 11 heteroatoms. The van der Waals surface area contributed by atoms with Crippen molar-refractivity contribution in [3.8, 4) is 5.75 Å². The molecule has 0 fully saturated rings. The lowest BCUT2D eigenvalue weighted by atomic mass is 10.2. The summed E-state index contributed by atoms with van der Waals surface area (Å²) in [4.78, 5) is 29.7. The number of rotatable bonds is 6. The fourth-order valence-electron chi connectivity index (χ4n) is 2.31. The minimum absolute atomic E-state index is 0.0228. The number of anilines is 1. The quantitative estimate of drug-likeness (QED) is 0.268. The highest BCUT2D eigenvalue weighted by molar-refractivity contribution is 6.68. The van der Waals surface area contributed by atoms with Gasteiger partial charge in [-0.15, -0.1) is 0 Å². The first-order valence-corrected chi connectivity index (χ1v) is 8.20. The maximum Gasteiger partial charge on any atom is 0.382 e. The summed E-state index contributed by atoms with van der Waals surface area (Å²) in [6.45, 7) is 4.04. The first-order valence-electron chi connectivity index (χ1n) is 8.20. The molecule has 0 saturated heterocycles. The zero-order valence-electron chi connectivity index (χ0n) is 15.2. The average Bonchev–Trinajstić information content (AvgIpc) is 2.88. The molecule has 0 bridgehead atoms. The van der Waals surface area contributed by atoms with E-state index in [4.69, 9.17) is 10.3 Å². The lowest BCUT2D eigenvalue weighted by Gasteiger charge is -2.08. The van der Waals surface area contributed by atoms with Gasteiger partial charge in [-0.05, 0) is 25.5 Å². The lowest BCUT2D eigenvalue weighted by molar-refractivity contribution is -0.384. The predicted octanol–water partition coefficient (Wildman–Crippen LogP) is 2.70. The highest BCUT2D eigenvalue weighted by Crippen LogP contribution is 2.29. The highest BCUT2D eigenvalue weighted by Gasteiger charge is 2.33. The fraction of sp³-hybridized carbons (Fsp3) is 0.375. The number of urea groups is 1. The van der Waals surface area contributed by atoms with Crippen LogP contribution in [0.1, 0.15) is 26.7 Å². The Morgan fingerprint density at radius 1 is 1.52 bits per heavy atom. The largest absolute Gasteiger partial charge is 0.493 e. The van der Waals surface area contributed by atoms with E-state index in [2.05, 4.69) is 20.2 Å². The van der Waals surface area contributed by atoms with E-state index >= 15 is 0 Å². The monoisotopic (exact) mass is 373 g/mol. The second-order valence-electron chi connectivity index (χ2n) is 5.66. The van der Waals surface area contributed by atoms with Crippen LogP contribution in [0.3, 0.4) is 0 Å². The zero-order valence-corrected chi connectivity index (χ0v) is 15.2. The van der Waals surface area contributed by atoms with Crippen LogP contribution >= 0.6 is 0 Å². The number of nitro benzene ring substituents is 1. The van der Waals surface area contributed by atoms with Crippen LogP contribution in [-0.4, -0.2) is 51.7 Å². The number of amidine groups is 1. The number of amides is 2. The van der Waals surface area contributed by atoms with Crippen molar-refractivity contribution < 1.29 is 19.2 Å². The normalized spacial score (nSPS) is 14.8. The molecule has 0 unspecified atom stereocenters. The Labute approximate surface area is 155 Å². The summed E-state index contributed by atoms with van der Waals surface area (Å²) in [7, 11) is 1.53. The van der Waals surface area contributed by atoms with Gasteiger partial charge in [-0.3, -0.25) is 10.1 Å². The molecule has 142 valence electrons. The molecule has 11 nitrogen and oxygen atoms in total. The van der Waals surface area contributed by atoms with Gasteiger partial charge in [0.15, 0.2) is 5.71 Å². The van der Waals surface area contributed by atoms with Gasteiger partial charge in [-0.25, -0.2) is 9.80 Å². The van der Waals surface area contributed by atoms with Gasteiger partial charge in [0.25, 0.3) is 5.69 Å². The minimum Gasteiger partial charge on any atom is -0.493 e. The predicted molar refractivity (Wildman–Crippen MR) is 99.5 cm³/mol. The Bertz CT molecular complexity index is 872. The van der Waals surface area contributed by atoms with Crippen LogP contribution in [0.4, 0.5) is 16.2 Å². The number of hydrogen-bond acceptors (Lipinski definition) is 5. The number of nitrogens with zero attached hydrogens (tertiary/aromatic N) is 6. The van der Waals surface area contributed by atoms with Gasteiger partial charge < -0.3 is 15.6 Å². The van der Waals surface area contributed by atoms with E-state index < -0.39 is 11.0 Å². The van der Waals surface area contributed by atoms with Crippen LogP contribution in [0, 0.1) is 10.1 Å². The molecular weight excluding hydrogens is 354 g/mol. The number of nitrogens with one attached hydrogen (secondary N) is 1. The molecule has 1 heterocycles. The van der Waals surface area contributed by atoms with Crippen molar-refractivity contribution in [2.24, 2.45) is 10.1 Å². The number of hydrazone groups is 1. The molecule has 0 aliphatic carbocycles. The van der Waals surface area contributed by atoms with Crippen LogP contribution in [0.5, 0.6) is 5.75 Å². The van der Waals surface area contributed by atoms with Crippen molar-refractivity contribution in [1.82, 2.24) is 5.01 Å². The molecule has 2 amide bonds. The third-order valence-electron chi connectivity index (χ3n) is 3.64. The summed E-state index contributed by atoms with van der Waals surface area (Å²) in [6, 6.07) is 3.28. The molecule has 0 saturated carbocycles. The number of nitro groups is 1. The van der Waals surface area contributed by atoms with E-state index in [1.807, 2.05) is 6.92 Å². The van der Waals surface area contributed by atoms with Crippen LogP contribution < -0.4 is 10.1 Å². The average molecular weight is 373 g/mol. The smallest absolute Gasteiger partial charge is 0.382 e. The van der Waals surface area contributed by atoms with Gasteiger partial charge in [0.2, 0.25) is 5.84 Å². The summed E-state index contributed by atoms with van der Waals surface area (Å²) < 4.78 is 5.45. The highest BCUT2D eigenvalue weighted by atomic mass is 16.6. The number of hydrogen-bond donors (Lipinski definition) is 1. The molecule has 1 aliphatic rings. The Kier molecular flexibility index (Phi) is 6.34. The van der Waals surface area contributed by atoms with Gasteiger partial charge in [0, 0.05) is 7.05 Å². The lowest BCUT2D eigenvalue weighted by Crippen LogP contribution is -2.27. The number of benzene rings is 1. The van der Waals surface area contributed by atoms with Crippen molar-refractivity contribution in [3.63, 3.8) is 0 Å². The molecule has 0 spiro atoms. The number of carbonyl (C=O) groups is 1. The SMILES string of the molecule is CCCCOc1ccc(NC(=O)/N=C2\C(=[N+]=[N-])C(C)=NN2C)c([N+](=O)[O-])c1. The standard InChI is InChI=1S/C16H19N7O4/c1-4-5-8-27-11-6-7-12(13(9-11)23(25)26)18-16(24)19-15-14(20-17)10(2)21-22(15)3/h6-7,9H,4-5,8H2,1-3H3,(H,18,24)/b19-15+. The zero-order chi connectivity index (χ0) is 20.0.